The molecule has 0 atom stereocenters. The Morgan fingerprint density at radius 2 is 1.62 bits per heavy atom. The maximum Gasteiger partial charge on any atom is 0.248 e. The number of rotatable bonds is 7. The molecule has 0 bridgehead atoms. The van der Waals surface area contributed by atoms with Crippen molar-refractivity contribution in [3.63, 3.8) is 0 Å². The standard InChI is InChI=1S/C22H29N5O.HI/c1-24-22(26-15-19-5-4-6-20(13-19)21(23)28)25-14-17-7-9-18(10-8-17)16-27-11-2-3-12-27;/h4-10,13H,2-3,11-12,14-16H2,1H3,(H2,23,28)(H2,24,25,26);1H. The molecule has 0 aliphatic carbocycles. The van der Waals surface area contributed by atoms with E-state index < -0.39 is 5.91 Å². The van der Waals surface area contributed by atoms with Gasteiger partial charge in [0.25, 0.3) is 0 Å². The highest BCUT2D eigenvalue weighted by molar-refractivity contribution is 14.0. The van der Waals surface area contributed by atoms with Gasteiger partial charge >= 0.3 is 0 Å². The first-order valence-electron chi connectivity index (χ1n) is 9.77. The van der Waals surface area contributed by atoms with Gasteiger partial charge in [0.05, 0.1) is 0 Å². The van der Waals surface area contributed by atoms with E-state index in [1.54, 1.807) is 19.2 Å². The third-order valence-electron chi connectivity index (χ3n) is 4.98. The van der Waals surface area contributed by atoms with E-state index in [-0.39, 0.29) is 24.0 Å². The molecule has 4 N–H and O–H groups in total. The Labute approximate surface area is 190 Å². The molecule has 0 spiro atoms. The summed E-state index contributed by atoms with van der Waals surface area (Å²) in [5.41, 5.74) is 9.40. The number of primary amides is 1. The lowest BCUT2D eigenvalue weighted by Crippen LogP contribution is -2.36. The van der Waals surface area contributed by atoms with Gasteiger partial charge in [-0.3, -0.25) is 14.7 Å². The summed E-state index contributed by atoms with van der Waals surface area (Å²) in [6, 6.07) is 16.0. The summed E-state index contributed by atoms with van der Waals surface area (Å²) in [4.78, 5) is 18.1. The molecule has 1 amide bonds. The quantitative estimate of drug-likeness (QED) is 0.306. The number of halogens is 1. The predicted molar refractivity (Wildman–Crippen MR) is 128 cm³/mol. The van der Waals surface area contributed by atoms with Crippen LogP contribution in [0.2, 0.25) is 0 Å². The molecule has 1 heterocycles. The van der Waals surface area contributed by atoms with E-state index in [9.17, 15) is 4.79 Å². The number of nitrogens with zero attached hydrogens (tertiary/aromatic N) is 2. The van der Waals surface area contributed by atoms with E-state index in [0.717, 1.165) is 12.1 Å². The van der Waals surface area contributed by atoms with E-state index in [1.807, 2.05) is 12.1 Å². The molecule has 7 heteroatoms. The smallest absolute Gasteiger partial charge is 0.248 e. The van der Waals surface area contributed by atoms with Crippen LogP contribution in [0.15, 0.2) is 53.5 Å². The van der Waals surface area contributed by atoms with Crippen molar-refractivity contribution in [2.45, 2.75) is 32.5 Å². The zero-order valence-corrected chi connectivity index (χ0v) is 19.2. The van der Waals surface area contributed by atoms with E-state index in [2.05, 4.69) is 44.8 Å². The number of hydrogen-bond donors (Lipinski definition) is 3. The first-order valence-corrected chi connectivity index (χ1v) is 9.77. The van der Waals surface area contributed by atoms with Crippen molar-refractivity contribution in [3.8, 4) is 0 Å². The Morgan fingerprint density at radius 1 is 1.00 bits per heavy atom. The molecule has 2 aromatic carbocycles. The monoisotopic (exact) mass is 507 g/mol. The van der Waals surface area contributed by atoms with Crippen molar-refractivity contribution < 1.29 is 4.79 Å². The third kappa shape index (κ3) is 7.32. The summed E-state index contributed by atoms with van der Waals surface area (Å²) in [7, 11) is 1.74. The van der Waals surface area contributed by atoms with Crippen molar-refractivity contribution in [1.29, 1.82) is 0 Å². The summed E-state index contributed by atoms with van der Waals surface area (Å²) in [5.74, 6) is 0.295. The lowest BCUT2D eigenvalue weighted by Gasteiger charge is -2.15. The molecule has 29 heavy (non-hydrogen) atoms. The fraction of sp³-hybridized carbons (Fsp3) is 0.364. The number of carbonyl (C=O) groups is 1. The van der Waals surface area contributed by atoms with Crippen LogP contribution in [-0.2, 0) is 19.6 Å². The molecular formula is C22H30IN5O. The Balaban J connectivity index is 0.00000300. The Morgan fingerprint density at radius 3 is 2.24 bits per heavy atom. The Hall–Kier alpha value is -2.13. The number of nitrogens with one attached hydrogen (secondary N) is 2. The van der Waals surface area contributed by atoms with Gasteiger partial charge in [-0.15, -0.1) is 24.0 Å². The lowest BCUT2D eigenvalue weighted by molar-refractivity contribution is 0.1000. The summed E-state index contributed by atoms with van der Waals surface area (Å²) in [5, 5.41) is 6.58. The number of carbonyl (C=O) groups excluding carboxylic acids is 1. The predicted octanol–water partition coefficient (Wildman–Crippen LogP) is 2.86. The van der Waals surface area contributed by atoms with Crippen molar-refractivity contribution >= 4 is 35.8 Å². The number of guanidine groups is 1. The minimum Gasteiger partial charge on any atom is -0.366 e. The topological polar surface area (TPSA) is 82.8 Å². The van der Waals surface area contributed by atoms with E-state index in [1.165, 1.54) is 37.1 Å². The van der Waals surface area contributed by atoms with Gasteiger partial charge in [0.15, 0.2) is 5.96 Å². The molecule has 1 aliphatic rings. The van der Waals surface area contributed by atoms with Crippen LogP contribution >= 0.6 is 24.0 Å². The number of benzene rings is 2. The first kappa shape index (κ1) is 23.2. The second-order valence-corrected chi connectivity index (χ2v) is 7.14. The summed E-state index contributed by atoms with van der Waals surface area (Å²) in [6.07, 6.45) is 2.64. The zero-order valence-electron chi connectivity index (χ0n) is 16.9. The average molecular weight is 507 g/mol. The number of hydrogen-bond acceptors (Lipinski definition) is 3. The second-order valence-electron chi connectivity index (χ2n) is 7.14. The number of likely N-dealkylation sites (tertiary alicyclic amines) is 1. The number of aliphatic imine (C=N–C) groups is 1. The van der Waals surface area contributed by atoms with Crippen molar-refractivity contribution in [2.75, 3.05) is 20.1 Å². The van der Waals surface area contributed by atoms with Crippen molar-refractivity contribution in [1.82, 2.24) is 15.5 Å². The van der Waals surface area contributed by atoms with E-state index >= 15 is 0 Å². The molecule has 1 saturated heterocycles. The van der Waals surface area contributed by atoms with Crippen LogP contribution in [0, 0.1) is 0 Å². The molecule has 1 aliphatic heterocycles. The third-order valence-corrected chi connectivity index (χ3v) is 4.98. The molecule has 0 radical (unpaired) electrons. The molecule has 0 aromatic heterocycles. The average Bonchev–Trinajstić information content (AvgIpc) is 3.22. The summed E-state index contributed by atoms with van der Waals surface area (Å²) >= 11 is 0. The second kappa shape index (κ2) is 11.8. The summed E-state index contributed by atoms with van der Waals surface area (Å²) in [6.45, 7) is 4.74. The maximum absolute atomic E-state index is 11.3. The molecule has 0 unspecified atom stereocenters. The number of amides is 1. The van der Waals surface area contributed by atoms with Crippen LogP contribution in [-0.4, -0.2) is 36.9 Å². The zero-order chi connectivity index (χ0) is 19.8. The van der Waals surface area contributed by atoms with Crippen LogP contribution < -0.4 is 16.4 Å². The fourth-order valence-corrected chi connectivity index (χ4v) is 3.39. The van der Waals surface area contributed by atoms with Gasteiger partial charge in [0, 0.05) is 32.2 Å². The van der Waals surface area contributed by atoms with Crippen molar-refractivity contribution in [3.05, 3.63) is 70.8 Å². The molecule has 3 rings (SSSR count). The maximum atomic E-state index is 11.3. The van der Waals surface area contributed by atoms with Gasteiger partial charge < -0.3 is 16.4 Å². The highest BCUT2D eigenvalue weighted by atomic mass is 127. The van der Waals surface area contributed by atoms with Crippen LogP contribution in [0.5, 0.6) is 0 Å². The molecule has 156 valence electrons. The SMILES string of the molecule is CN=C(NCc1ccc(CN2CCCC2)cc1)NCc1cccc(C(N)=O)c1.I. The largest absolute Gasteiger partial charge is 0.366 e. The minimum atomic E-state index is -0.419. The molecule has 1 fully saturated rings. The Kier molecular flexibility index (Phi) is 9.40. The normalized spacial score (nSPS) is 14.3. The minimum absolute atomic E-state index is 0. The molecule has 6 nitrogen and oxygen atoms in total. The van der Waals surface area contributed by atoms with Gasteiger partial charge in [-0.1, -0.05) is 36.4 Å². The van der Waals surface area contributed by atoms with E-state index in [4.69, 9.17) is 5.73 Å². The van der Waals surface area contributed by atoms with Crippen LogP contribution in [0.1, 0.15) is 39.9 Å². The molecular weight excluding hydrogens is 477 g/mol. The first-order chi connectivity index (χ1) is 13.6. The van der Waals surface area contributed by atoms with Gasteiger partial charge in [-0.05, 0) is 54.8 Å². The van der Waals surface area contributed by atoms with Crippen LogP contribution in [0.4, 0.5) is 0 Å². The lowest BCUT2D eigenvalue weighted by atomic mass is 10.1. The van der Waals surface area contributed by atoms with Gasteiger partial charge in [0.2, 0.25) is 5.91 Å². The van der Waals surface area contributed by atoms with Crippen LogP contribution in [0.25, 0.3) is 0 Å². The Bertz CT molecular complexity index is 816. The molecule has 2 aromatic rings. The highest BCUT2D eigenvalue weighted by Crippen LogP contribution is 2.13. The highest BCUT2D eigenvalue weighted by Gasteiger charge is 2.11. The summed E-state index contributed by atoms with van der Waals surface area (Å²) < 4.78 is 0. The van der Waals surface area contributed by atoms with Crippen molar-refractivity contribution in [2.24, 2.45) is 10.7 Å². The van der Waals surface area contributed by atoms with E-state index in [0.29, 0.717) is 24.6 Å². The van der Waals surface area contributed by atoms with Gasteiger partial charge in [0.1, 0.15) is 0 Å². The van der Waals surface area contributed by atoms with Gasteiger partial charge in [-0.25, -0.2) is 0 Å². The fourth-order valence-electron chi connectivity index (χ4n) is 3.39. The van der Waals surface area contributed by atoms with Crippen LogP contribution in [0.3, 0.4) is 0 Å². The number of nitrogens with two attached hydrogens (primary N) is 1. The molecule has 0 saturated carbocycles. The van der Waals surface area contributed by atoms with Gasteiger partial charge in [-0.2, -0.15) is 0 Å².